The number of para-hydroxylation sites is 1. The molecule has 82 valence electrons. The zero-order chi connectivity index (χ0) is 11.4. The van der Waals surface area contributed by atoms with Crippen LogP contribution in [0.2, 0.25) is 0 Å². The van der Waals surface area contributed by atoms with Gasteiger partial charge in [0.25, 0.3) is 5.91 Å². The van der Waals surface area contributed by atoms with Crippen LogP contribution in [0.15, 0.2) is 18.2 Å². The number of aromatic hydroxyl groups is 1. The van der Waals surface area contributed by atoms with E-state index >= 15 is 0 Å². The molecule has 0 spiro atoms. The van der Waals surface area contributed by atoms with Crippen molar-refractivity contribution in [3.8, 4) is 5.75 Å². The lowest BCUT2D eigenvalue weighted by molar-refractivity contribution is 0.0953. The van der Waals surface area contributed by atoms with Crippen molar-refractivity contribution >= 4 is 5.91 Å². The Hall–Kier alpha value is -1.51. The quantitative estimate of drug-likeness (QED) is 0.798. The number of hydrogen-bond donors (Lipinski definition) is 2. The molecule has 0 aliphatic carbocycles. The Morgan fingerprint density at radius 1 is 1.47 bits per heavy atom. The average molecular weight is 207 g/mol. The van der Waals surface area contributed by atoms with Gasteiger partial charge >= 0.3 is 0 Å². The van der Waals surface area contributed by atoms with Gasteiger partial charge in [0.1, 0.15) is 5.75 Å². The van der Waals surface area contributed by atoms with E-state index < -0.39 is 0 Å². The summed E-state index contributed by atoms with van der Waals surface area (Å²) in [5.74, 6) is 0.0790. The van der Waals surface area contributed by atoms with E-state index in [-0.39, 0.29) is 17.6 Å². The SMILES string of the molecule is CCNC(=O)c1cccc(C(C)C)c1O. The van der Waals surface area contributed by atoms with Crippen molar-refractivity contribution in [2.24, 2.45) is 0 Å². The molecule has 1 aromatic rings. The molecule has 0 saturated carbocycles. The van der Waals surface area contributed by atoms with Gasteiger partial charge in [0.05, 0.1) is 5.56 Å². The summed E-state index contributed by atoms with van der Waals surface area (Å²) in [4.78, 5) is 11.6. The molecule has 0 bridgehead atoms. The predicted molar refractivity (Wildman–Crippen MR) is 60.2 cm³/mol. The van der Waals surface area contributed by atoms with Crippen LogP contribution in [-0.4, -0.2) is 17.6 Å². The third kappa shape index (κ3) is 2.49. The van der Waals surface area contributed by atoms with Gasteiger partial charge in [-0.2, -0.15) is 0 Å². The molecule has 1 aromatic carbocycles. The molecule has 0 unspecified atom stereocenters. The Bertz CT molecular complexity index is 359. The lowest BCUT2D eigenvalue weighted by Crippen LogP contribution is -2.22. The second-order valence-electron chi connectivity index (χ2n) is 3.76. The number of phenols is 1. The summed E-state index contributed by atoms with van der Waals surface area (Å²) in [7, 11) is 0. The number of benzene rings is 1. The van der Waals surface area contributed by atoms with Crippen molar-refractivity contribution in [1.82, 2.24) is 5.32 Å². The minimum absolute atomic E-state index is 0.0958. The zero-order valence-electron chi connectivity index (χ0n) is 9.37. The van der Waals surface area contributed by atoms with E-state index in [0.717, 1.165) is 5.56 Å². The molecular formula is C12H17NO2. The van der Waals surface area contributed by atoms with Crippen molar-refractivity contribution in [2.75, 3.05) is 6.54 Å². The second kappa shape index (κ2) is 4.82. The van der Waals surface area contributed by atoms with Crippen LogP contribution in [0.25, 0.3) is 0 Å². The first-order valence-electron chi connectivity index (χ1n) is 5.18. The van der Waals surface area contributed by atoms with E-state index in [1.807, 2.05) is 26.8 Å². The highest BCUT2D eigenvalue weighted by Gasteiger charge is 2.14. The molecule has 3 heteroatoms. The minimum Gasteiger partial charge on any atom is -0.507 e. The second-order valence-corrected chi connectivity index (χ2v) is 3.76. The highest BCUT2D eigenvalue weighted by molar-refractivity contribution is 5.97. The predicted octanol–water partition coefficient (Wildman–Crippen LogP) is 2.27. The summed E-state index contributed by atoms with van der Waals surface area (Å²) in [6.07, 6.45) is 0. The maximum Gasteiger partial charge on any atom is 0.255 e. The van der Waals surface area contributed by atoms with E-state index in [0.29, 0.717) is 12.1 Å². The summed E-state index contributed by atoms with van der Waals surface area (Å²) < 4.78 is 0. The van der Waals surface area contributed by atoms with E-state index in [9.17, 15) is 9.90 Å². The number of rotatable bonds is 3. The Morgan fingerprint density at radius 2 is 2.13 bits per heavy atom. The first-order valence-corrected chi connectivity index (χ1v) is 5.18. The number of carbonyl (C=O) groups excluding carboxylic acids is 1. The summed E-state index contributed by atoms with van der Waals surface area (Å²) in [5.41, 5.74) is 1.15. The van der Waals surface area contributed by atoms with Crippen LogP contribution < -0.4 is 5.32 Å². The maximum absolute atomic E-state index is 11.6. The molecule has 0 aromatic heterocycles. The smallest absolute Gasteiger partial charge is 0.255 e. The van der Waals surface area contributed by atoms with Crippen LogP contribution in [0.5, 0.6) is 5.75 Å². The fourth-order valence-electron chi connectivity index (χ4n) is 1.47. The zero-order valence-corrected chi connectivity index (χ0v) is 9.37. The number of carbonyl (C=O) groups is 1. The Balaban J connectivity index is 3.09. The molecule has 3 nitrogen and oxygen atoms in total. The average Bonchev–Trinajstić information content (AvgIpc) is 2.17. The van der Waals surface area contributed by atoms with Crippen LogP contribution in [-0.2, 0) is 0 Å². The molecule has 0 atom stereocenters. The lowest BCUT2D eigenvalue weighted by atomic mass is 9.99. The van der Waals surface area contributed by atoms with Gasteiger partial charge in [-0.15, -0.1) is 0 Å². The summed E-state index contributed by atoms with van der Waals surface area (Å²) in [6.45, 7) is 6.37. The largest absolute Gasteiger partial charge is 0.507 e. The van der Waals surface area contributed by atoms with Crippen LogP contribution in [0.3, 0.4) is 0 Å². The van der Waals surface area contributed by atoms with Gasteiger partial charge in [-0.25, -0.2) is 0 Å². The van der Waals surface area contributed by atoms with Crippen LogP contribution in [0.4, 0.5) is 0 Å². The van der Waals surface area contributed by atoms with Crippen LogP contribution >= 0.6 is 0 Å². The van der Waals surface area contributed by atoms with E-state index in [1.54, 1.807) is 12.1 Å². The minimum atomic E-state index is -0.225. The fraction of sp³-hybridized carbons (Fsp3) is 0.417. The molecule has 2 N–H and O–H groups in total. The highest BCUT2D eigenvalue weighted by atomic mass is 16.3. The van der Waals surface area contributed by atoms with E-state index in [2.05, 4.69) is 5.32 Å². The number of hydrogen-bond acceptors (Lipinski definition) is 2. The molecule has 0 radical (unpaired) electrons. The third-order valence-electron chi connectivity index (χ3n) is 2.27. The molecule has 0 aliphatic rings. The molecular weight excluding hydrogens is 190 g/mol. The van der Waals surface area contributed by atoms with Gasteiger partial charge in [-0.3, -0.25) is 4.79 Å². The molecule has 0 fully saturated rings. The van der Waals surface area contributed by atoms with E-state index in [1.165, 1.54) is 0 Å². The van der Waals surface area contributed by atoms with Gasteiger partial charge in [-0.1, -0.05) is 26.0 Å². The molecule has 1 amide bonds. The van der Waals surface area contributed by atoms with E-state index in [4.69, 9.17) is 0 Å². The summed E-state index contributed by atoms with van der Waals surface area (Å²) in [6, 6.07) is 5.26. The summed E-state index contributed by atoms with van der Waals surface area (Å²) in [5, 5.41) is 12.6. The Kier molecular flexibility index (Phi) is 3.72. The van der Waals surface area contributed by atoms with Crippen molar-refractivity contribution in [2.45, 2.75) is 26.7 Å². The topological polar surface area (TPSA) is 49.3 Å². The maximum atomic E-state index is 11.6. The number of phenolic OH excluding ortho intramolecular Hbond substituents is 1. The van der Waals surface area contributed by atoms with Crippen molar-refractivity contribution in [3.63, 3.8) is 0 Å². The fourth-order valence-corrected chi connectivity index (χ4v) is 1.47. The number of nitrogens with one attached hydrogen (secondary N) is 1. The highest BCUT2D eigenvalue weighted by Crippen LogP contribution is 2.28. The molecule has 0 saturated heterocycles. The normalized spacial score (nSPS) is 10.4. The first-order chi connectivity index (χ1) is 7.07. The van der Waals surface area contributed by atoms with Crippen LogP contribution in [0.1, 0.15) is 42.6 Å². The lowest BCUT2D eigenvalue weighted by Gasteiger charge is -2.11. The van der Waals surface area contributed by atoms with Gasteiger partial charge in [0.15, 0.2) is 0 Å². The molecule has 15 heavy (non-hydrogen) atoms. The van der Waals surface area contributed by atoms with Crippen molar-refractivity contribution < 1.29 is 9.90 Å². The van der Waals surface area contributed by atoms with Gasteiger partial charge in [-0.05, 0) is 24.5 Å². The van der Waals surface area contributed by atoms with Crippen LogP contribution in [0, 0.1) is 0 Å². The van der Waals surface area contributed by atoms with Gasteiger partial charge in [0.2, 0.25) is 0 Å². The van der Waals surface area contributed by atoms with Crippen molar-refractivity contribution in [1.29, 1.82) is 0 Å². The van der Waals surface area contributed by atoms with Gasteiger partial charge < -0.3 is 10.4 Å². The Morgan fingerprint density at radius 3 is 2.67 bits per heavy atom. The standard InChI is InChI=1S/C12H17NO2/c1-4-13-12(15)10-7-5-6-9(8(2)3)11(10)14/h5-8,14H,4H2,1-3H3,(H,13,15). The van der Waals surface area contributed by atoms with Gasteiger partial charge in [0, 0.05) is 6.54 Å². The molecule has 0 heterocycles. The van der Waals surface area contributed by atoms with Crippen molar-refractivity contribution in [3.05, 3.63) is 29.3 Å². The monoisotopic (exact) mass is 207 g/mol. The molecule has 0 aliphatic heterocycles. The first kappa shape index (κ1) is 11.6. The number of amides is 1. The Labute approximate surface area is 90.1 Å². The summed E-state index contributed by atoms with van der Waals surface area (Å²) >= 11 is 0. The molecule has 1 rings (SSSR count). The third-order valence-corrected chi connectivity index (χ3v) is 2.27.